The molecule has 2 rings (SSSR count). The fourth-order valence-electron chi connectivity index (χ4n) is 1.89. The Labute approximate surface area is 110 Å². The second kappa shape index (κ2) is 5.59. The number of hydrogen-bond donors (Lipinski definition) is 1. The molecule has 0 atom stereocenters. The van der Waals surface area contributed by atoms with E-state index in [0.29, 0.717) is 18.8 Å². The number of nitrogens with zero attached hydrogens (tertiary/aromatic N) is 6. The number of carboxylic acid groups (broad SMARTS) is 1. The molecule has 8 heteroatoms. The van der Waals surface area contributed by atoms with E-state index in [0.717, 1.165) is 17.9 Å². The quantitative estimate of drug-likeness (QED) is 0.825. The van der Waals surface area contributed by atoms with Gasteiger partial charge in [-0.1, -0.05) is 0 Å². The highest BCUT2D eigenvalue weighted by Gasteiger charge is 2.14. The van der Waals surface area contributed by atoms with Crippen molar-refractivity contribution in [2.45, 2.75) is 39.8 Å². The van der Waals surface area contributed by atoms with E-state index in [1.807, 2.05) is 24.6 Å². The summed E-state index contributed by atoms with van der Waals surface area (Å²) in [5, 5.41) is 24.5. The van der Waals surface area contributed by atoms with Crippen LogP contribution in [0.15, 0.2) is 6.07 Å². The van der Waals surface area contributed by atoms with Crippen molar-refractivity contribution in [3.8, 4) is 11.5 Å². The first-order valence-electron chi connectivity index (χ1n) is 6.14. The maximum absolute atomic E-state index is 10.5. The summed E-state index contributed by atoms with van der Waals surface area (Å²) in [6, 6.07) is 1.92. The molecule has 0 saturated heterocycles. The molecule has 8 nitrogen and oxygen atoms in total. The Hall–Kier alpha value is -2.25. The van der Waals surface area contributed by atoms with Gasteiger partial charge in [0.05, 0.1) is 5.69 Å². The molecular formula is C11H16N6O2. The first kappa shape index (κ1) is 13.2. The molecule has 1 N–H and O–H groups in total. The number of carbonyl (C=O) groups is 1. The molecule has 0 aliphatic rings. The van der Waals surface area contributed by atoms with Crippen molar-refractivity contribution in [3.63, 3.8) is 0 Å². The molecular weight excluding hydrogens is 248 g/mol. The van der Waals surface area contributed by atoms with Gasteiger partial charge in [-0.2, -0.15) is 5.10 Å². The number of tetrazole rings is 1. The maximum atomic E-state index is 10.5. The van der Waals surface area contributed by atoms with E-state index in [1.165, 1.54) is 0 Å². The van der Waals surface area contributed by atoms with Gasteiger partial charge >= 0.3 is 5.97 Å². The Bertz CT molecular complexity index is 574. The van der Waals surface area contributed by atoms with Crippen molar-refractivity contribution in [1.82, 2.24) is 30.0 Å². The summed E-state index contributed by atoms with van der Waals surface area (Å²) in [6.07, 6.45) is 0.595. The van der Waals surface area contributed by atoms with Gasteiger partial charge in [-0.3, -0.25) is 9.48 Å². The topological polar surface area (TPSA) is 98.7 Å². The van der Waals surface area contributed by atoms with E-state index >= 15 is 0 Å². The van der Waals surface area contributed by atoms with Crippen LogP contribution < -0.4 is 0 Å². The SMILES string of the molecule is CCn1nc(C)cc1-c1nnnn1CCCC(=O)O. The van der Waals surface area contributed by atoms with Gasteiger partial charge in [-0.05, 0) is 36.8 Å². The third-order valence-electron chi connectivity index (χ3n) is 2.72. The van der Waals surface area contributed by atoms with Crippen LogP contribution in [0, 0.1) is 6.92 Å². The fraction of sp³-hybridized carbons (Fsp3) is 0.545. The fourth-order valence-corrected chi connectivity index (χ4v) is 1.89. The van der Waals surface area contributed by atoms with Gasteiger partial charge < -0.3 is 5.11 Å². The van der Waals surface area contributed by atoms with Crippen molar-refractivity contribution < 1.29 is 9.90 Å². The Morgan fingerprint density at radius 3 is 2.89 bits per heavy atom. The molecule has 2 heterocycles. The number of rotatable bonds is 6. The minimum Gasteiger partial charge on any atom is -0.481 e. The molecule has 0 amide bonds. The summed E-state index contributed by atoms with van der Waals surface area (Å²) in [5.74, 6) is -0.197. The Balaban J connectivity index is 2.20. The third-order valence-corrected chi connectivity index (χ3v) is 2.72. The van der Waals surface area contributed by atoms with E-state index in [-0.39, 0.29) is 6.42 Å². The Morgan fingerprint density at radius 2 is 2.21 bits per heavy atom. The molecule has 0 aliphatic heterocycles. The second-order valence-corrected chi connectivity index (χ2v) is 4.21. The molecule has 0 saturated carbocycles. The van der Waals surface area contributed by atoms with Crippen LogP contribution in [0.5, 0.6) is 0 Å². The molecule has 19 heavy (non-hydrogen) atoms. The van der Waals surface area contributed by atoms with Gasteiger partial charge in [-0.25, -0.2) is 4.68 Å². The summed E-state index contributed by atoms with van der Waals surface area (Å²) in [5.41, 5.74) is 1.75. The van der Waals surface area contributed by atoms with Crippen molar-refractivity contribution in [2.24, 2.45) is 0 Å². The number of carboxylic acids is 1. The largest absolute Gasteiger partial charge is 0.481 e. The highest BCUT2D eigenvalue weighted by Crippen LogP contribution is 2.17. The van der Waals surface area contributed by atoms with Crippen molar-refractivity contribution >= 4 is 5.97 Å². The van der Waals surface area contributed by atoms with E-state index < -0.39 is 5.97 Å². The predicted molar refractivity (Wildman–Crippen MR) is 66.3 cm³/mol. The van der Waals surface area contributed by atoms with Crippen LogP contribution in [-0.2, 0) is 17.9 Å². The van der Waals surface area contributed by atoms with E-state index in [1.54, 1.807) is 4.68 Å². The number of hydrogen-bond acceptors (Lipinski definition) is 5. The zero-order chi connectivity index (χ0) is 13.8. The van der Waals surface area contributed by atoms with Gasteiger partial charge in [0.25, 0.3) is 0 Å². The highest BCUT2D eigenvalue weighted by molar-refractivity contribution is 5.66. The van der Waals surface area contributed by atoms with Crippen LogP contribution in [0.1, 0.15) is 25.5 Å². The molecule has 0 aliphatic carbocycles. The first-order chi connectivity index (χ1) is 9.11. The average molecular weight is 264 g/mol. The number of aliphatic carboxylic acids is 1. The van der Waals surface area contributed by atoms with E-state index in [9.17, 15) is 4.79 Å². The molecule has 0 spiro atoms. The third kappa shape index (κ3) is 2.95. The molecule has 102 valence electrons. The van der Waals surface area contributed by atoms with Crippen LogP contribution in [0.4, 0.5) is 0 Å². The van der Waals surface area contributed by atoms with Crippen molar-refractivity contribution in [1.29, 1.82) is 0 Å². The first-order valence-corrected chi connectivity index (χ1v) is 6.14. The summed E-state index contributed by atoms with van der Waals surface area (Å²) in [7, 11) is 0. The monoisotopic (exact) mass is 264 g/mol. The lowest BCUT2D eigenvalue weighted by Crippen LogP contribution is -2.08. The molecule has 0 aromatic carbocycles. The molecule has 0 unspecified atom stereocenters. The van der Waals surface area contributed by atoms with Crippen LogP contribution >= 0.6 is 0 Å². The van der Waals surface area contributed by atoms with Gasteiger partial charge in [0.2, 0.25) is 0 Å². The van der Waals surface area contributed by atoms with Crippen molar-refractivity contribution in [2.75, 3.05) is 0 Å². The summed E-state index contributed by atoms with van der Waals surface area (Å²) in [6.45, 7) is 5.11. The van der Waals surface area contributed by atoms with Crippen LogP contribution in [0.25, 0.3) is 11.5 Å². The van der Waals surface area contributed by atoms with E-state index in [4.69, 9.17) is 5.11 Å². The number of aryl methyl sites for hydroxylation is 3. The van der Waals surface area contributed by atoms with Crippen molar-refractivity contribution in [3.05, 3.63) is 11.8 Å². The van der Waals surface area contributed by atoms with E-state index in [2.05, 4.69) is 20.6 Å². The van der Waals surface area contributed by atoms with Crippen LogP contribution in [-0.4, -0.2) is 41.1 Å². The predicted octanol–water partition coefficient (Wildman–Crippen LogP) is 0.730. The van der Waals surface area contributed by atoms with Crippen LogP contribution in [0.3, 0.4) is 0 Å². The molecule has 0 fully saturated rings. The van der Waals surface area contributed by atoms with Crippen LogP contribution in [0.2, 0.25) is 0 Å². The molecule has 0 radical (unpaired) electrons. The molecule has 2 aromatic heterocycles. The minimum absolute atomic E-state index is 0.103. The standard InChI is InChI=1S/C11H16N6O2/c1-3-16-9(7-8(2)13-16)11-12-14-15-17(11)6-4-5-10(18)19/h7H,3-6H2,1-2H3,(H,18,19). The average Bonchev–Trinajstić information content (AvgIpc) is 2.94. The lowest BCUT2D eigenvalue weighted by Gasteiger charge is -2.05. The normalized spacial score (nSPS) is 10.8. The lowest BCUT2D eigenvalue weighted by molar-refractivity contribution is -0.137. The number of aromatic nitrogens is 6. The highest BCUT2D eigenvalue weighted by atomic mass is 16.4. The second-order valence-electron chi connectivity index (χ2n) is 4.21. The molecule has 0 bridgehead atoms. The van der Waals surface area contributed by atoms with Gasteiger partial charge in [-0.15, -0.1) is 5.10 Å². The van der Waals surface area contributed by atoms with Gasteiger partial charge in [0.1, 0.15) is 5.69 Å². The lowest BCUT2D eigenvalue weighted by atomic mass is 10.3. The Kier molecular flexibility index (Phi) is 3.88. The molecule has 2 aromatic rings. The summed E-state index contributed by atoms with van der Waals surface area (Å²) < 4.78 is 3.44. The smallest absolute Gasteiger partial charge is 0.303 e. The Morgan fingerprint density at radius 1 is 1.42 bits per heavy atom. The minimum atomic E-state index is -0.816. The zero-order valence-corrected chi connectivity index (χ0v) is 10.9. The summed E-state index contributed by atoms with van der Waals surface area (Å²) >= 11 is 0. The maximum Gasteiger partial charge on any atom is 0.303 e. The van der Waals surface area contributed by atoms with Gasteiger partial charge in [0, 0.05) is 19.5 Å². The summed E-state index contributed by atoms with van der Waals surface area (Å²) in [4.78, 5) is 10.5. The van der Waals surface area contributed by atoms with Gasteiger partial charge in [0.15, 0.2) is 5.82 Å². The zero-order valence-electron chi connectivity index (χ0n) is 10.9.